The number of nitrogens with zero attached hydrogens (tertiary/aromatic N) is 4. The van der Waals surface area contributed by atoms with Gasteiger partial charge in [0.05, 0.1) is 17.3 Å². The molecule has 2 aromatic heterocycles. The van der Waals surface area contributed by atoms with Crippen molar-refractivity contribution in [3.05, 3.63) is 24.2 Å². The summed E-state index contributed by atoms with van der Waals surface area (Å²) < 4.78 is 5.69. The lowest BCUT2D eigenvalue weighted by Crippen LogP contribution is -2.43. The summed E-state index contributed by atoms with van der Waals surface area (Å²) in [6.07, 6.45) is 7.79. The third kappa shape index (κ3) is 2.41. The van der Waals surface area contributed by atoms with Crippen molar-refractivity contribution in [3.63, 3.8) is 0 Å². The zero-order valence-electron chi connectivity index (χ0n) is 13.7. The fraction of sp³-hybridized carbons (Fsp3) is 0.588. The van der Waals surface area contributed by atoms with Crippen LogP contribution >= 0.6 is 0 Å². The van der Waals surface area contributed by atoms with E-state index in [2.05, 4.69) is 15.5 Å². The standard InChI is InChI=1S/C17H23N5O/c1-22(2)12-6-7-13(19-11-12)15-20-16(23-21-15)17-8-4-3-5-14(17)18-10-9-17/h6-7,11,14,18H,3-5,8-10H2,1-2H3/t14-,17+/m0/s1. The van der Waals surface area contributed by atoms with Crippen LogP contribution in [-0.2, 0) is 5.41 Å². The molecule has 2 aromatic rings. The van der Waals surface area contributed by atoms with Gasteiger partial charge >= 0.3 is 0 Å². The number of anilines is 1. The van der Waals surface area contributed by atoms with Crippen LogP contribution in [0, 0.1) is 0 Å². The summed E-state index contributed by atoms with van der Waals surface area (Å²) in [5.74, 6) is 1.39. The fourth-order valence-electron chi connectivity index (χ4n) is 3.98. The van der Waals surface area contributed by atoms with Gasteiger partial charge in [-0.05, 0) is 37.9 Å². The Balaban J connectivity index is 1.63. The van der Waals surface area contributed by atoms with Gasteiger partial charge in [0.15, 0.2) is 0 Å². The van der Waals surface area contributed by atoms with Crippen molar-refractivity contribution in [2.45, 2.75) is 43.6 Å². The van der Waals surface area contributed by atoms with E-state index in [9.17, 15) is 0 Å². The van der Waals surface area contributed by atoms with Gasteiger partial charge in [-0.1, -0.05) is 18.0 Å². The molecule has 23 heavy (non-hydrogen) atoms. The van der Waals surface area contributed by atoms with Crippen molar-refractivity contribution in [2.24, 2.45) is 0 Å². The number of rotatable bonds is 3. The fourth-order valence-corrected chi connectivity index (χ4v) is 3.98. The van der Waals surface area contributed by atoms with Crippen LogP contribution < -0.4 is 10.2 Å². The van der Waals surface area contributed by atoms with Crippen molar-refractivity contribution in [3.8, 4) is 11.5 Å². The first-order valence-electron chi connectivity index (χ1n) is 8.40. The monoisotopic (exact) mass is 313 g/mol. The second-order valence-corrected chi connectivity index (χ2v) is 6.88. The van der Waals surface area contributed by atoms with E-state index >= 15 is 0 Å². The maximum Gasteiger partial charge on any atom is 0.234 e. The average molecular weight is 313 g/mol. The minimum absolute atomic E-state index is 0.0348. The first-order chi connectivity index (χ1) is 11.2. The van der Waals surface area contributed by atoms with Gasteiger partial charge < -0.3 is 14.7 Å². The lowest BCUT2D eigenvalue weighted by Gasteiger charge is -2.35. The molecule has 1 aliphatic heterocycles. The van der Waals surface area contributed by atoms with Gasteiger partial charge in [0, 0.05) is 20.1 Å². The van der Waals surface area contributed by atoms with Crippen LogP contribution in [0.5, 0.6) is 0 Å². The Labute approximate surface area is 136 Å². The van der Waals surface area contributed by atoms with Gasteiger partial charge in [-0.3, -0.25) is 4.98 Å². The molecule has 0 spiro atoms. The molecule has 0 bridgehead atoms. The minimum Gasteiger partial charge on any atom is -0.376 e. The molecule has 0 unspecified atom stereocenters. The lowest BCUT2D eigenvalue weighted by molar-refractivity contribution is 0.199. The predicted octanol–water partition coefficient (Wildman–Crippen LogP) is 2.37. The van der Waals surface area contributed by atoms with E-state index in [1.54, 1.807) is 0 Å². The Morgan fingerprint density at radius 1 is 1.26 bits per heavy atom. The van der Waals surface area contributed by atoms with Gasteiger partial charge in [-0.15, -0.1) is 0 Å². The molecule has 4 rings (SSSR count). The van der Waals surface area contributed by atoms with Crippen LogP contribution in [0.25, 0.3) is 11.5 Å². The lowest BCUT2D eigenvalue weighted by atomic mass is 9.70. The average Bonchev–Trinajstić information content (AvgIpc) is 3.22. The maximum atomic E-state index is 5.69. The quantitative estimate of drug-likeness (QED) is 0.938. The molecule has 1 saturated carbocycles. The number of hydrogen-bond donors (Lipinski definition) is 1. The highest BCUT2D eigenvalue weighted by Crippen LogP contribution is 2.44. The van der Waals surface area contributed by atoms with Crippen LogP contribution in [0.4, 0.5) is 5.69 Å². The largest absolute Gasteiger partial charge is 0.376 e. The number of nitrogens with one attached hydrogen (secondary N) is 1. The van der Waals surface area contributed by atoms with Crippen molar-refractivity contribution in [2.75, 3.05) is 25.5 Å². The SMILES string of the molecule is CN(C)c1ccc(-c2noc([C@@]34CCCC[C@@H]3NCC4)n2)nc1. The first kappa shape index (κ1) is 14.6. The topological polar surface area (TPSA) is 67.1 Å². The number of hydrogen-bond acceptors (Lipinski definition) is 6. The van der Waals surface area contributed by atoms with Crippen molar-refractivity contribution >= 4 is 5.69 Å². The summed E-state index contributed by atoms with van der Waals surface area (Å²) in [5.41, 5.74) is 1.86. The Bertz CT molecular complexity index is 681. The summed E-state index contributed by atoms with van der Waals surface area (Å²) in [7, 11) is 4.00. The molecule has 0 amide bonds. The number of pyridine rings is 1. The molecule has 1 saturated heterocycles. The first-order valence-corrected chi connectivity index (χ1v) is 8.40. The zero-order valence-corrected chi connectivity index (χ0v) is 13.7. The van der Waals surface area contributed by atoms with Gasteiger partial charge in [-0.2, -0.15) is 4.98 Å². The summed E-state index contributed by atoms with van der Waals surface area (Å²) in [4.78, 5) is 11.2. The summed E-state index contributed by atoms with van der Waals surface area (Å²) >= 11 is 0. The molecule has 1 N–H and O–H groups in total. The van der Waals surface area contributed by atoms with E-state index in [0.717, 1.165) is 36.7 Å². The Hall–Kier alpha value is -1.95. The van der Waals surface area contributed by atoms with E-state index < -0.39 is 0 Å². The number of aromatic nitrogens is 3. The predicted molar refractivity (Wildman–Crippen MR) is 88.4 cm³/mol. The molecular formula is C17H23N5O. The van der Waals surface area contributed by atoms with Gasteiger partial charge in [0.25, 0.3) is 0 Å². The molecule has 1 aliphatic carbocycles. The third-order valence-electron chi connectivity index (χ3n) is 5.34. The molecule has 0 aromatic carbocycles. The highest BCUT2D eigenvalue weighted by molar-refractivity contribution is 5.53. The molecule has 6 heteroatoms. The van der Waals surface area contributed by atoms with Crippen molar-refractivity contribution in [1.82, 2.24) is 20.4 Å². The maximum absolute atomic E-state index is 5.69. The second-order valence-electron chi connectivity index (χ2n) is 6.88. The minimum atomic E-state index is 0.0348. The molecule has 0 radical (unpaired) electrons. The molecule has 122 valence electrons. The molecule has 3 heterocycles. The Morgan fingerprint density at radius 3 is 2.96 bits per heavy atom. The highest BCUT2D eigenvalue weighted by Gasteiger charge is 2.49. The summed E-state index contributed by atoms with van der Waals surface area (Å²) in [5, 5.41) is 7.82. The Morgan fingerprint density at radius 2 is 2.17 bits per heavy atom. The Kier molecular flexibility index (Phi) is 3.56. The van der Waals surface area contributed by atoms with Crippen LogP contribution in [0.15, 0.2) is 22.9 Å². The second kappa shape index (κ2) is 5.60. The van der Waals surface area contributed by atoms with Crippen molar-refractivity contribution in [1.29, 1.82) is 0 Å². The van der Waals surface area contributed by atoms with E-state index in [0.29, 0.717) is 11.9 Å². The van der Waals surface area contributed by atoms with Gasteiger partial charge in [0.2, 0.25) is 11.7 Å². The smallest absolute Gasteiger partial charge is 0.234 e. The number of fused-ring (bicyclic) bond motifs is 1. The van der Waals surface area contributed by atoms with E-state index in [1.807, 2.05) is 37.3 Å². The van der Waals surface area contributed by atoms with E-state index in [-0.39, 0.29) is 5.41 Å². The van der Waals surface area contributed by atoms with Crippen LogP contribution in [0.3, 0.4) is 0 Å². The normalized spacial score (nSPS) is 27.0. The molecular weight excluding hydrogens is 290 g/mol. The summed E-state index contributed by atoms with van der Waals surface area (Å²) in [6, 6.07) is 4.46. The van der Waals surface area contributed by atoms with E-state index in [4.69, 9.17) is 9.51 Å². The van der Waals surface area contributed by atoms with Crippen LogP contribution in [0.2, 0.25) is 0 Å². The van der Waals surface area contributed by atoms with Gasteiger partial charge in [0.1, 0.15) is 5.69 Å². The molecule has 2 atom stereocenters. The summed E-state index contributed by atoms with van der Waals surface area (Å²) in [6.45, 7) is 1.04. The van der Waals surface area contributed by atoms with E-state index in [1.165, 1.54) is 19.3 Å². The molecule has 6 nitrogen and oxygen atoms in total. The molecule has 2 aliphatic rings. The third-order valence-corrected chi connectivity index (χ3v) is 5.34. The highest BCUT2D eigenvalue weighted by atomic mass is 16.5. The van der Waals surface area contributed by atoms with Gasteiger partial charge in [-0.25, -0.2) is 0 Å². The van der Waals surface area contributed by atoms with Crippen LogP contribution in [-0.4, -0.2) is 41.8 Å². The van der Waals surface area contributed by atoms with Crippen molar-refractivity contribution < 1.29 is 4.52 Å². The molecule has 2 fully saturated rings. The zero-order chi connectivity index (χ0) is 15.9. The van der Waals surface area contributed by atoms with Crippen LogP contribution in [0.1, 0.15) is 38.0 Å².